The first-order chi connectivity index (χ1) is 17.1. The van der Waals surface area contributed by atoms with Crippen LogP contribution in [-0.4, -0.2) is 20.8 Å². The SMILES string of the molecule is CCC(Sc1ccc(NC(=S)Nc2ccccc2)cc1)C(=O)n1c2ccccc2c2ccccc21. The molecule has 35 heavy (non-hydrogen) atoms. The summed E-state index contributed by atoms with van der Waals surface area (Å²) in [6.07, 6.45) is 0.732. The minimum Gasteiger partial charge on any atom is -0.332 e. The number of hydrogen-bond donors (Lipinski definition) is 2. The van der Waals surface area contributed by atoms with Gasteiger partial charge in [0.25, 0.3) is 0 Å². The van der Waals surface area contributed by atoms with Crippen molar-refractivity contribution in [2.75, 3.05) is 10.6 Å². The van der Waals surface area contributed by atoms with Crippen LogP contribution in [0.5, 0.6) is 0 Å². The van der Waals surface area contributed by atoms with E-state index >= 15 is 0 Å². The fourth-order valence-electron chi connectivity index (χ4n) is 4.21. The van der Waals surface area contributed by atoms with Crippen LogP contribution in [0.1, 0.15) is 18.1 Å². The number of nitrogens with one attached hydrogen (secondary N) is 2. The highest BCUT2D eigenvalue weighted by atomic mass is 32.2. The third kappa shape index (κ3) is 4.94. The van der Waals surface area contributed by atoms with Gasteiger partial charge >= 0.3 is 0 Å². The maximum atomic E-state index is 13.8. The first kappa shape index (κ1) is 23.1. The zero-order valence-corrected chi connectivity index (χ0v) is 20.9. The fourth-order valence-corrected chi connectivity index (χ4v) is 5.44. The van der Waals surface area contributed by atoms with E-state index in [0.29, 0.717) is 5.11 Å². The van der Waals surface area contributed by atoms with Crippen LogP contribution in [0.2, 0.25) is 0 Å². The minimum absolute atomic E-state index is 0.102. The average Bonchev–Trinajstić information content (AvgIpc) is 3.23. The molecule has 6 heteroatoms. The van der Waals surface area contributed by atoms with E-state index in [9.17, 15) is 4.79 Å². The number of para-hydroxylation sites is 3. The molecule has 4 nitrogen and oxygen atoms in total. The molecule has 0 bridgehead atoms. The predicted molar refractivity (Wildman–Crippen MR) is 153 cm³/mol. The van der Waals surface area contributed by atoms with Gasteiger partial charge in [0, 0.05) is 27.0 Å². The van der Waals surface area contributed by atoms with Gasteiger partial charge in [0.1, 0.15) is 0 Å². The van der Waals surface area contributed by atoms with Crippen molar-refractivity contribution >= 4 is 68.2 Å². The molecule has 5 aromatic rings. The maximum Gasteiger partial charge on any atom is 0.245 e. The number of hydrogen-bond acceptors (Lipinski definition) is 3. The van der Waals surface area contributed by atoms with Crippen molar-refractivity contribution in [3.05, 3.63) is 103 Å². The molecule has 1 heterocycles. The van der Waals surface area contributed by atoms with Crippen molar-refractivity contribution in [2.24, 2.45) is 0 Å². The largest absolute Gasteiger partial charge is 0.332 e. The lowest BCUT2D eigenvalue weighted by atomic mass is 10.2. The Balaban J connectivity index is 1.32. The van der Waals surface area contributed by atoms with Gasteiger partial charge in [-0.2, -0.15) is 0 Å². The normalized spacial score (nSPS) is 11.9. The number of aromatic nitrogens is 1. The first-order valence-electron chi connectivity index (χ1n) is 11.6. The Morgan fingerprint density at radius 1 is 0.771 bits per heavy atom. The van der Waals surface area contributed by atoms with Crippen LogP contribution in [0.4, 0.5) is 11.4 Å². The summed E-state index contributed by atoms with van der Waals surface area (Å²) in [7, 11) is 0. The Morgan fingerprint density at radius 2 is 1.29 bits per heavy atom. The Labute approximate surface area is 214 Å². The molecule has 0 fully saturated rings. The minimum atomic E-state index is -0.200. The topological polar surface area (TPSA) is 46.1 Å². The number of thiocarbonyl (C=S) groups is 1. The van der Waals surface area contributed by atoms with Gasteiger partial charge in [0.05, 0.1) is 16.3 Å². The Bertz CT molecular complexity index is 1440. The summed E-state index contributed by atoms with van der Waals surface area (Å²) in [6.45, 7) is 2.06. The number of rotatable bonds is 6. The Morgan fingerprint density at radius 3 is 1.86 bits per heavy atom. The first-order valence-corrected chi connectivity index (χ1v) is 12.8. The van der Waals surface area contributed by atoms with E-state index in [1.54, 1.807) is 11.8 Å². The molecule has 0 aliphatic rings. The number of anilines is 2. The van der Waals surface area contributed by atoms with E-state index in [4.69, 9.17) is 12.2 Å². The fraction of sp³-hybridized carbons (Fsp3) is 0.103. The predicted octanol–water partition coefficient (Wildman–Crippen LogP) is 7.81. The number of nitrogens with zero attached hydrogens (tertiary/aromatic N) is 1. The molecule has 0 saturated carbocycles. The van der Waals surface area contributed by atoms with Gasteiger partial charge in [0.15, 0.2) is 5.11 Å². The second-order valence-electron chi connectivity index (χ2n) is 8.19. The monoisotopic (exact) mass is 495 g/mol. The average molecular weight is 496 g/mol. The zero-order valence-electron chi connectivity index (χ0n) is 19.3. The van der Waals surface area contributed by atoms with Gasteiger partial charge in [-0.3, -0.25) is 9.36 Å². The van der Waals surface area contributed by atoms with Crippen LogP contribution >= 0.6 is 24.0 Å². The maximum absolute atomic E-state index is 13.8. The second-order valence-corrected chi connectivity index (χ2v) is 9.88. The van der Waals surface area contributed by atoms with E-state index in [0.717, 1.165) is 44.5 Å². The Hall–Kier alpha value is -3.61. The van der Waals surface area contributed by atoms with Crippen LogP contribution in [0.25, 0.3) is 21.8 Å². The standard InChI is InChI=1S/C29H25N3OS2/c1-2-27(28(33)32-25-14-8-6-12-23(25)24-13-7-9-15-26(24)32)35-22-18-16-21(17-19-22)31-29(34)30-20-10-4-3-5-11-20/h3-19,27H,2H2,1H3,(H2,30,31,34). The highest BCUT2D eigenvalue weighted by Crippen LogP contribution is 2.33. The molecular formula is C29H25N3OS2. The number of benzene rings is 4. The lowest BCUT2D eigenvalue weighted by Gasteiger charge is -2.16. The molecule has 174 valence electrons. The van der Waals surface area contributed by atoms with Crippen molar-refractivity contribution in [3.8, 4) is 0 Å². The number of fused-ring (bicyclic) bond motifs is 3. The summed E-state index contributed by atoms with van der Waals surface area (Å²) in [5.41, 5.74) is 3.74. The van der Waals surface area contributed by atoms with Gasteiger partial charge in [-0.15, -0.1) is 11.8 Å². The van der Waals surface area contributed by atoms with Crippen molar-refractivity contribution in [3.63, 3.8) is 0 Å². The van der Waals surface area contributed by atoms with Gasteiger partial charge < -0.3 is 10.6 Å². The molecule has 5 rings (SSSR count). The highest BCUT2D eigenvalue weighted by molar-refractivity contribution is 8.00. The molecule has 2 N–H and O–H groups in total. The number of thioether (sulfide) groups is 1. The summed E-state index contributed by atoms with van der Waals surface area (Å²) in [4.78, 5) is 14.8. The quantitative estimate of drug-likeness (QED) is 0.186. The highest BCUT2D eigenvalue weighted by Gasteiger charge is 2.23. The summed E-state index contributed by atoms with van der Waals surface area (Å²) in [6, 6.07) is 34.1. The molecule has 1 unspecified atom stereocenters. The van der Waals surface area contributed by atoms with Gasteiger partial charge in [-0.1, -0.05) is 61.5 Å². The summed E-state index contributed by atoms with van der Waals surface area (Å²) in [5.74, 6) is 0.102. The van der Waals surface area contributed by atoms with Crippen molar-refractivity contribution in [1.82, 2.24) is 4.57 Å². The lowest BCUT2D eigenvalue weighted by molar-refractivity contribution is 0.0919. The molecule has 0 saturated heterocycles. The van der Waals surface area contributed by atoms with E-state index in [1.807, 2.05) is 95.6 Å². The summed E-state index contributed by atoms with van der Waals surface area (Å²) < 4.78 is 1.88. The van der Waals surface area contributed by atoms with Crippen LogP contribution in [0.15, 0.2) is 108 Å². The third-order valence-electron chi connectivity index (χ3n) is 5.87. The van der Waals surface area contributed by atoms with E-state index in [-0.39, 0.29) is 11.2 Å². The molecule has 4 aromatic carbocycles. The van der Waals surface area contributed by atoms with E-state index in [1.165, 1.54) is 0 Å². The summed E-state index contributed by atoms with van der Waals surface area (Å²) in [5, 5.41) is 8.92. The smallest absolute Gasteiger partial charge is 0.245 e. The van der Waals surface area contributed by atoms with Gasteiger partial charge in [-0.05, 0) is 67.2 Å². The van der Waals surface area contributed by atoms with Gasteiger partial charge in [-0.25, -0.2) is 0 Å². The van der Waals surface area contributed by atoms with Crippen molar-refractivity contribution < 1.29 is 4.79 Å². The molecular weight excluding hydrogens is 470 g/mol. The molecule has 1 aromatic heterocycles. The molecule has 0 radical (unpaired) electrons. The van der Waals surface area contributed by atoms with E-state index in [2.05, 4.69) is 29.7 Å². The van der Waals surface area contributed by atoms with Crippen molar-refractivity contribution in [1.29, 1.82) is 0 Å². The van der Waals surface area contributed by atoms with Gasteiger partial charge in [0.2, 0.25) is 5.91 Å². The Kier molecular flexibility index (Phi) is 6.84. The van der Waals surface area contributed by atoms with Crippen LogP contribution in [0.3, 0.4) is 0 Å². The van der Waals surface area contributed by atoms with Crippen LogP contribution in [0, 0.1) is 0 Å². The molecule has 1 atom stereocenters. The molecule has 0 aliphatic heterocycles. The van der Waals surface area contributed by atoms with E-state index < -0.39 is 0 Å². The summed E-state index contributed by atoms with van der Waals surface area (Å²) >= 11 is 7.02. The third-order valence-corrected chi connectivity index (χ3v) is 7.44. The molecule has 0 aliphatic carbocycles. The second kappa shape index (κ2) is 10.3. The number of carbonyl (C=O) groups is 1. The molecule has 0 amide bonds. The lowest BCUT2D eigenvalue weighted by Crippen LogP contribution is -2.23. The van der Waals surface area contributed by atoms with Crippen molar-refractivity contribution in [2.45, 2.75) is 23.5 Å². The van der Waals surface area contributed by atoms with Crippen LogP contribution in [-0.2, 0) is 0 Å². The van der Waals surface area contributed by atoms with Crippen LogP contribution < -0.4 is 10.6 Å². The zero-order chi connectivity index (χ0) is 24.2. The number of carbonyl (C=O) groups excluding carboxylic acids is 1. The molecule has 0 spiro atoms.